The first-order valence-electron chi connectivity index (χ1n) is 17.6. The van der Waals surface area contributed by atoms with Gasteiger partial charge in [0, 0.05) is 47.0 Å². The number of hydrogen-bond acceptors (Lipinski definition) is 3. The van der Waals surface area contributed by atoms with Gasteiger partial charge in [0.15, 0.2) is 0 Å². The van der Waals surface area contributed by atoms with Gasteiger partial charge in [-0.25, -0.2) is 0 Å². The average molecular weight is 704 g/mol. The minimum atomic E-state index is -0.397. The molecule has 1 nitrogen and oxygen atoms in total. The SMILES string of the molecule is C[SiH2]c1ccc2c(sc3ccccc32)c1-c1ccc(N(c2cccc(-c3ccc4ccccc4c3)c2)c2cccc3c2sc2ccccc23)cc1. The smallest absolute Gasteiger partial charge is 0.0640 e. The summed E-state index contributed by atoms with van der Waals surface area (Å²) in [4.78, 5) is 2.46. The maximum Gasteiger partial charge on any atom is 0.0640 e. The zero-order valence-electron chi connectivity index (χ0n) is 28.1. The fourth-order valence-electron chi connectivity index (χ4n) is 7.75. The van der Waals surface area contributed by atoms with Gasteiger partial charge in [-0.1, -0.05) is 133 Å². The first-order chi connectivity index (χ1) is 25.2. The molecule has 0 fully saturated rings. The molecule has 2 heterocycles. The van der Waals surface area contributed by atoms with Crippen LogP contribution in [0.4, 0.5) is 17.1 Å². The fraction of sp³-hybridized carbons (Fsp3) is 0.0213. The molecule has 0 aliphatic heterocycles. The Bertz CT molecular complexity index is 2920. The van der Waals surface area contributed by atoms with Crippen LogP contribution >= 0.6 is 22.7 Å². The topological polar surface area (TPSA) is 3.24 Å². The van der Waals surface area contributed by atoms with Crippen molar-refractivity contribution in [2.75, 3.05) is 4.90 Å². The third-order valence-electron chi connectivity index (χ3n) is 10.2. The van der Waals surface area contributed by atoms with E-state index in [1.165, 1.54) is 84.2 Å². The molecule has 0 radical (unpaired) electrons. The summed E-state index contributed by atoms with van der Waals surface area (Å²) in [5.74, 6) is 0. The lowest BCUT2D eigenvalue weighted by Gasteiger charge is -2.27. The highest BCUT2D eigenvalue weighted by molar-refractivity contribution is 7.26. The predicted octanol–water partition coefficient (Wildman–Crippen LogP) is 13.2. The van der Waals surface area contributed by atoms with Crippen molar-refractivity contribution in [1.29, 1.82) is 0 Å². The molecular weight excluding hydrogens is 671 g/mol. The summed E-state index contributed by atoms with van der Waals surface area (Å²) in [6.45, 7) is 2.41. The van der Waals surface area contributed by atoms with Crippen molar-refractivity contribution in [3.63, 3.8) is 0 Å². The second-order valence-electron chi connectivity index (χ2n) is 13.2. The van der Waals surface area contributed by atoms with Crippen molar-refractivity contribution in [2.45, 2.75) is 6.55 Å². The molecule has 0 bridgehead atoms. The van der Waals surface area contributed by atoms with E-state index in [1.807, 2.05) is 22.7 Å². The van der Waals surface area contributed by atoms with E-state index in [9.17, 15) is 0 Å². The Hall–Kier alpha value is -5.52. The lowest BCUT2D eigenvalue weighted by Crippen LogP contribution is -2.14. The molecular formula is C47H33NS2Si. The van der Waals surface area contributed by atoms with Crippen LogP contribution in [0, 0.1) is 0 Å². The Morgan fingerprint density at radius 3 is 1.84 bits per heavy atom. The van der Waals surface area contributed by atoms with E-state index in [4.69, 9.17) is 0 Å². The highest BCUT2D eigenvalue weighted by atomic mass is 32.1. The van der Waals surface area contributed by atoms with Crippen LogP contribution in [-0.2, 0) is 0 Å². The highest BCUT2D eigenvalue weighted by Crippen LogP contribution is 2.46. The minimum absolute atomic E-state index is 0.397. The second-order valence-corrected chi connectivity index (χ2v) is 16.7. The van der Waals surface area contributed by atoms with Crippen molar-refractivity contribution in [1.82, 2.24) is 0 Å². The van der Waals surface area contributed by atoms with Crippen LogP contribution in [0.2, 0.25) is 6.55 Å². The van der Waals surface area contributed by atoms with Crippen LogP contribution in [0.15, 0.2) is 170 Å². The van der Waals surface area contributed by atoms with E-state index in [2.05, 4.69) is 181 Å². The first kappa shape index (κ1) is 30.3. The average Bonchev–Trinajstić information content (AvgIpc) is 3.77. The molecule has 0 aliphatic rings. The van der Waals surface area contributed by atoms with Gasteiger partial charge in [-0.15, -0.1) is 22.7 Å². The summed E-state index contributed by atoms with van der Waals surface area (Å²) < 4.78 is 5.38. The van der Waals surface area contributed by atoms with Gasteiger partial charge in [0.05, 0.1) is 19.9 Å². The molecule has 2 aromatic heterocycles. The molecule has 4 heteroatoms. The quantitative estimate of drug-likeness (QED) is 0.156. The van der Waals surface area contributed by atoms with Crippen LogP contribution in [0.25, 0.3) is 73.4 Å². The van der Waals surface area contributed by atoms with Crippen molar-refractivity contribution < 1.29 is 0 Å². The summed E-state index contributed by atoms with van der Waals surface area (Å²) in [7, 11) is -0.397. The molecule has 51 heavy (non-hydrogen) atoms. The van der Waals surface area contributed by atoms with Crippen molar-refractivity contribution in [3.8, 4) is 22.3 Å². The Morgan fingerprint density at radius 2 is 1.06 bits per heavy atom. The first-order valence-corrected chi connectivity index (χ1v) is 21.3. The molecule has 10 rings (SSSR count). The monoisotopic (exact) mass is 703 g/mol. The maximum atomic E-state index is 2.46. The van der Waals surface area contributed by atoms with Gasteiger partial charge >= 0.3 is 0 Å². The number of thiophene rings is 2. The summed E-state index contributed by atoms with van der Waals surface area (Å²) in [6, 6.07) is 62.9. The fourth-order valence-corrected chi connectivity index (χ4v) is 11.5. The Kier molecular flexibility index (Phi) is 7.35. The standard InChI is InChI=1S/C47H33NS2Si/c1-51-44-27-26-40-38-15-5-7-19-43(38)50-47(40)45(44)31-22-24-35(25-23-31)48(41-17-9-16-39-37-14-4-6-18-42(37)49-46(39)41)36-13-8-12-33(29-36)34-21-20-30-10-2-3-11-32(30)28-34/h2-29H,51H2,1H3. The van der Waals surface area contributed by atoms with E-state index in [0.29, 0.717) is 0 Å². The zero-order chi connectivity index (χ0) is 33.9. The van der Waals surface area contributed by atoms with Crippen LogP contribution in [-0.4, -0.2) is 9.52 Å². The lowest BCUT2D eigenvalue weighted by atomic mass is 10.00. The predicted molar refractivity (Wildman–Crippen MR) is 229 cm³/mol. The van der Waals surface area contributed by atoms with Gasteiger partial charge in [0.25, 0.3) is 0 Å². The Labute approximate surface area is 307 Å². The number of rotatable bonds is 6. The van der Waals surface area contributed by atoms with E-state index in [1.54, 1.807) is 0 Å². The molecule has 0 atom stereocenters. The van der Waals surface area contributed by atoms with Crippen molar-refractivity contribution in [3.05, 3.63) is 170 Å². The second kappa shape index (κ2) is 12.4. The van der Waals surface area contributed by atoms with Crippen LogP contribution < -0.4 is 10.1 Å². The molecule has 242 valence electrons. The third kappa shape index (κ3) is 5.10. The van der Waals surface area contributed by atoms with Crippen molar-refractivity contribution >= 4 is 106 Å². The maximum absolute atomic E-state index is 2.46. The van der Waals surface area contributed by atoms with Gasteiger partial charge in [-0.2, -0.15) is 0 Å². The molecule has 8 aromatic carbocycles. The van der Waals surface area contributed by atoms with E-state index in [0.717, 1.165) is 11.4 Å². The molecule has 0 saturated heterocycles. The van der Waals surface area contributed by atoms with Crippen LogP contribution in [0.3, 0.4) is 0 Å². The molecule has 0 unspecified atom stereocenters. The summed E-state index contributed by atoms with van der Waals surface area (Å²) >= 11 is 3.81. The number of fused-ring (bicyclic) bond motifs is 7. The number of hydrogen-bond donors (Lipinski definition) is 0. The van der Waals surface area contributed by atoms with Gasteiger partial charge in [0.1, 0.15) is 0 Å². The molecule has 10 aromatic rings. The summed E-state index contributed by atoms with van der Waals surface area (Å²) in [6.07, 6.45) is 0. The number of benzene rings is 8. The zero-order valence-corrected chi connectivity index (χ0v) is 31.2. The largest absolute Gasteiger partial charge is 0.309 e. The summed E-state index contributed by atoms with van der Waals surface area (Å²) in [5.41, 5.74) is 8.64. The third-order valence-corrected chi connectivity index (χ3v) is 14.0. The van der Waals surface area contributed by atoms with Crippen LogP contribution in [0.5, 0.6) is 0 Å². The molecule has 0 saturated carbocycles. The van der Waals surface area contributed by atoms with Crippen LogP contribution in [0.1, 0.15) is 0 Å². The van der Waals surface area contributed by atoms with Gasteiger partial charge in [0.2, 0.25) is 0 Å². The Balaban J connectivity index is 1.15. The molecule has 0 amide bonds. The highest BCUT2D eigenvalue weighted by Gasteiger charge is 2.20. The number of nitrogens with zero attached hydrogens (tertiary/aromatic N) is 1. The summed E-state index contributed by atoms with van der Waals surface area (Å²) in [5, 5.41) is 9.37. The van der Waals surface area contributed by atoms with Gasteiger partial charge < -0.3 is 4.90 Å². The molecule has 0 aliphatic carbocycles. The normalized spacial score (nSPS) is 11.9. The van der Waals surface area contributed by atoms with E-state index >= 15 is 0 Å². The Morgan fingerprint density at radius 1 is 0.431 bits per heavy atom. The number of anilines is 3. The van der Waals surface area contributed by atoms with Crippen molar-refractivity contribution in [2.24, 2.45) is 0 Å². The lowest BCUT2D eigenvalue weighted by molar-refractivity contribution is 1.30. The molecule has 0 N–H and O–H groups in total. The molecule has 0 spiro atoms. The van der Waals surface area contributed by atoms with E-state index < -0.39 is 9.52 Å². The van der Waals surface area contributed by atoms with E-state index in [-0.39, 0.29) is 0 Å². The van der Waals surface area contributed by atoms with Gasteiger partial charge in [-0.05, 0) is 81.6 Å². The minimum Gasteiger partial charge on any atom is -0.309 e. The van der Waals surface area contributed by atoms with Gasteiger partial charge in [-0.3, -0.25) is 0 Å².